The summed E-state index contributed by atoms with van der Waals surface area (Å²) in [4.78, 5) is 18.0. The molecule has 2 aromatic rings. The number of nitrogens with one attached hydrogen (secondary N) is 2. The average molecular weight is 307 g/mol. The van der Waals surface area contributed by atoms with Gasteiger partial charge in [-0.05, 0) is 43.4 Å². The number of thiazole rings is 1. The molecule has 0 aliphatic rings. The Hall–Kier alpha value is -1.66. The van der Waals surface area contributed by atoms with Crippen LogP contribution in [0, 0.1) is 10.9 Å². The number of H-pyrrole nitrogens is 1. The number of aryl methyl sites for hydroxylation is 1. The summed E-state index contributed by atoms with van der Waals surface area (Å²) in [6.07, 6.45) is 0.346. The molecule has 1 heterocycles. The van der Waals surface area contributed by atoms with Crippen LogP contribution in [0.2, 0.25) is 0 Å². The predicted molar refractivity (Wildman–Crippen MR) is 87.3 cm³/mol. The Morgan fingerprint density at radius 2 is 2.00 bits per heavy atom. The average Bonchev–Trinajstić information content (AvgIpc) is 2.68. The first-order valence-electron chi connectivity index (χ1n) is 6.21. The molecule has 2 rings (SSSR count). The van der Waals surface area contributed by atoms with E-state index in [0.717, 1.165) is 21.9 Å². The number of hydrogen-bond donors (Lipinski definition) is 2. The minimum Gasteiger partial charge on any atom is -0.378 e. The molecule has 1 amide bonds. The highest BCUT2D eigenvalue weighted by molar-refractivity contribution is 7.73. The quantitative estimate of drug-likeness (QED) is 0.852. The number of rotatable bonds is 4. The molecule has 0 spiro atoms. The number of hydrogen-bond acceptors (Lipinski definition) is 4. The normalized spacial score (nSPS) is 10.3. The number of aromatic amines is 1. The summed E-state index contributed by atoms with van der Waals surface area (Å²) in [5, 5.41) is 2.89. The molecule has 20 heavy (non-hydrogen) atoms. The highest BCUT2D eigenvalue weighted by Crippen LogP contribution is 2.18. The summed E-state index contributed by atoms with van der Waals surface area (Å²) < 4.78 is 0.709. The number of carbonyl (C=O) groups excluding carboxylic acids is 1. The lowest BCUT2D eigenvalue weighted by molar-refractivity contribution is -0.115. The van der Waals surface area contributed by atoms with Gasteiger partial charge in [0.1, 0.15) is 0 Å². The third-order valence-electron chi connectivity index (χ3n) is 2.91. The fourth-order valence-electron chi connectivity index (χ4n) is 1.80. The highest BCUT2D eigenvalue weighted by Gasteiger charge is 2.09. The van der Waals surface area contributed by atoms with Gasteiger partial charge in [-0.15, -0.1) is 11.3 Å². The Kier molecular flexibility index (Phi) is 4.57. The van der Waals surface area contributed by atoms with Gasteiger partial charge in [0.2, 0.25) is 5.91 Å². The van der Waals surface area contributed by atoms with Gasteiger partial charge in [0.05, 0.1) is 6.42 Å². The molecule has 0 unspecified atom stereocenters. The molecule has 4 nitrogen and oxygen atoms in total. The molecule has 0 aliphatic carbocycles. The van der Waals surface area contributed by atoms with Gasteiger partial charge < -0.3 is 15.2 Å². The molecule has 0 fully saturated rings. The largest absolute Gasteiger partial charge is 0.378 e. The number of anilines is 2. The van der Waals surface area contributed by atoms with Gasteiger partial charge in [0, 0.05) is 36.0 Å². The van der Waals surface area contributed by atoms with E-state index in [1.54, 1.807) is 0 Å². The first-order valence-corrected chi connectivity index (χ1v) is 7.44. The summed E-state index contributed by atoms with van der Waals surface area (Å²) in [6.45, 7) is 1.93. The number of carbonyl (C=O) groups is 1. The van der Waals surface area contributed by atoms with Gasteiger partial charge in [0.15, 0.2) is 3.95 Å². The second kappa shape index (κ2) is 6.19. The van der Waals surface area contributed by atoms with Gasteiger partial charge in [-0.3, -0.25) is 4.79 Å². The number of benzene rings is 1. The van der Waals surface area contributed by atoms with Gasteiger partial charge in [0.25, 0.3) is 0 Å². The van der Waals surface area contributed by atoms with E-state index in [-0.39, 0.29) is 5.91 Å². The zero-order valence-corrected chi connectivity index (χ0v) is 13.3. The van der Waals surface area contributed by atoms with E-state index in [9.17, 15) is 4.79 Å². The fourth-order valence-corrected chi connectivity index (χ4v) is 3.09. The maximum atomic E-state index is 12.0. The molecule has 2 N–H and O–H groups in total. The van der Waals surface area contributed by atoms with Crippen molar-refractivity contribution in [1.82, 2.24) is 4.98 Å². The van der Waals surface area contributed by atoms with Crippen LogP contribution < -0.4 is 10.2 Å². The van der Waals surface area contributed by atoms with Crippen LogP contribution in [-0.2, 0) is 11.2 Å². The molecule has 1 aromatic heterocycles. The van der Waals surface area contributed by atoms with Crippen LogP contribution in [0.25, 0.3) is 0 Å². The summed E-state index contributed by atoms with van der Waals surface area (Å²) >= 11 is 6.52. The van der Waals surface area contributed by atoms with Crippen molar-refractivity contribution >= 4 is 40.8 Å². The smallest absolute Gasteiger partial charge is 0.229 e. The van der Waals surface area contributed by atoms with Crippen LogP contribution in [-0.4, -0.2) is 25.0 Å². The monoisotopic (exact) mass is 307 g/mol. The molecular formula is C14H17N3OS2. The summed E-state index contributed by atoms with van der Waals surface area (Å²) in [5.41, 5.74) is 2.87. The lowest BCUT2D eigenvalue weighted by Gasteiger charge is -2.13. The number of amides is 1. The Morgan fingerprint density at radius 1 is 1.35 bits per heavy atom. The maximum absolute atomic E-state index is 12.0. The van der Waals surface area contributed by atoms with Crippen LogP contribution in [0.1, 0.15) is 10.6 Å². The standard InChI is InChI=1S/C14H17N3OS2/c1-9-12(20-14(19)15-9)8-13(18)16-10-4-6-11(7-5-10)17(2)3/h4-7H,8H2,1-3H3,(H,15,19)(H,16,18). The number of nitrogens with zero attached hydrogens (tertiary/aromatic N) is 1. The van der Waals surface area contributed by atoms with Crippen LogP contribution in [0.15, 0.2) is 24.3 Å². The van der Waals surface area contributed by atoms with Gasteiger partial charge >= 0.3 is 0 Å². The van der Waals surface area contributed by atoms with Crippen molar-refractivity contribution in [2.24, 2.45) is 0 Å². The van der Waals surface area contributed by atoms with Crippen LogP contribution in [0.3, 0.4) is 0 Å². The van der Waals surface area contributed by atoms with Crippen LogP contribution in [0.4, 0.5) is 11.4 Å². The van der Waals surface area contributed by atoms with Crippen molar-refractivity contribution < 1.29 is 4.79 Å². The molecule has 1 aromatic carbocycles. The van der Waals surface area contributed by atoms with Crippen molar-refractivity contribution in [2.45, 2.75) is 13.3 Å². The Bertz CT molecular complexity index is 656. The van der Waals surface area contributed by atoms with E-state index in [4.69, 9.17) is 12.2 Å². The van der Waals surface area contributed by atoms with Gasteiger partial charge in [-0.25, -0.2) is 0 Å². The molecule has 6 heteroatoms. The Labute approximate surface area is 127 Å². The zero-order chi connectivity index (χ0) is 14.7. The molecule has 0 aliphatic heterocycles. The van der Waals surface area contributed by atoms with Crippen molar-refractivity contribution in [2.75, 3.05) is 24.3 Å². The van der Waals surface area contributed by atoms with Gasteiger partial charge in [-0.2, -0.15) is 0 Å². The molecule has 0 radical (unpaired) electrons. The van der Waals surface area contributed by atoms with E-state index in [1.807, 2.05) is 50.2 Å². The van der Waals surface area contributed by atoms with Crippen molar-refractivity contribution in [3.63, 3.8) is 0 Å². The maximum Gasteiger partial charge on any atom is 0.229 e. The van der Waals surface area contributed by atoms with Crippen molar-refractivity contribution in [3.8, 4) is 0 Å². The third kappa shape index (κ3) is 3.68. The Balaban J connectivity index is 2.01. The summed E-state index contributed by atoms with van der Waals surface area (Å²) in [6, 6.07) is 7.75. The van der Waals surface area contributed by atoms with E-state index in [0.29, 0.717) is 10.4 Å². The molecule has 0 saturated carbocycles. The Morgan fingerprint density at radius 3 is 2.50 bits per heavy atom. The lowest BCUT2D eigenvalue weighted by atomic mass is 10.2. The molecule has 0 saturated heterocycles. The minimum atomic E-state index is -0.0315. The highest BCUT2D eigenvalue weighted by atomic mass is 32.1. The SMILES string of the molecule is Cc1[nH]c(=S)sc1CC(=O)Nc1ccc(N(C)C)cc1. The molecular weight excluding hydrogens is 290 g/mol. The molecule has 0 bridgehead atoms. The minimum absolute atomic E-state index is 0.0315. The van der Waals surface area contributed by atoms with E-state index < -0.39 is 0 Å². The summed E-state index contributed by atoms with van der Waals surface area (Å²) in [7, 11) is 3.96. The predicted octanol–water partition coefficient (Wildman–Crippen LogP) is 3.36. The van der Waals surface area contributed by atoms with Crippen molar-refractivity contribution in [3.05, 3.63) is 38.8 Å². The van der Waals surface area contributed by atoms with E-state index in [2.05, 4.69) is 10.3 Å². The second-order valence-corrected chi connectivity index (χ2v) is 6.50. The second-order valence-electron chi connectivity index (χ2n) is 4.73. The van der Waals surface area contributed by atoms with Crippen molar-refractivity contribution in [1.29, 1.82) is 0 Å². The van der Waals surface area contributed by atoms with E-state index in [1.165, 1.54) is 11.3 Å². The first-order chi connectivity index (χ1) is 9.45. The fraction of sp³-hybridized carbons (Fsp3) is 0.286. The van der Waals surface area contributed by atoms with Crippen LogP contribution >= 0.6 is 23.6 Å². The zero-order valence-electron chi connectivity index (χ0n) is 11.7. The molecule has 0 atom stereocenters. The first kappa shape index (κ1) is 14.7. The lowest BCUT2D eigenvalue weighted by Crippen LogP contribution is -2.14. The molecule has 106 valence electrons. The topological polar surface area (TPSA) is 48.1 Å². The summed E-state index contributed by atoms with van der Waals surface area (Å²) in [5.74, 6) is -0.0315. The van der Waals surface area contributed by atoms with E-state index >= 15 is 0 Å². The van der Waals surface area contributed by atoms with Crippen LogP contribution in [0.5, 0.6) is 0 Å². The third-order valence-corrected chi connectivity index (χ3v) is 4.25. The van der Waals surface area contributed by atoms with Gasteiger partial charge in [-0.1, -0.05) is 0 Å². The number of aromatic nitrogens is 1.